The fourth-order valence-corrected chi connectivity index (χ4v) is 5.71. The fraction of sp³-hybridized carbons (Fsp3) is 0.816. The van der Waals surface area contributed by atoms with Gasteiger partial charge in [-0.1, -0.05) is 109 Å². The second kappa shape index (κ2) is 30.7. The minimum atomic E-state index is -0.523. The van der Waals surface area contributed by atoms with E-state index in [2.05, 4.69) is 24.3 Å². The lowest BCUT2D eigenvalue weighted by Gasteiger charge is -2.14. The van der Waals surface area contributed by atoms with Crippen molar-refractivity contribution < 1.29 is 19.1 Å². The predicted molar refractivity (Wildman–Crippen MR) is 180 cm³/mol. The Bertz CT molecular complexity index is 686. The van der Waals surface area contributed by atoms with Gasteiger partial charge in [-0.05, 0) is 84.0 Å². The molecule has 0 saturated carbocycles. The van der Waals surface area contributed by atoms with Crippen LogP contribution >= 0.6 is 0 Å². The van der Waals surface area contributed by atoms with Crippen LogP contribution in [0.4, 0.5) is 0 Å². The Kier molecular flexibility index (Phi) is 29.5. The molecule has 0 aromatic heterocycles. The van der Waals surface area contributed by atoms with E-state index in [0.717, 1.165) is 57.8 Å². The van der Waals surface area contributed by atoms with Crippen molar-refractivity contribution >= 4 is 17.5 Å². The number of carbonyl (C=O) groups excluding carboxylic acids is 3. The van der Waals surface area contributed by atoms with Crippen molar-refractivity contribution in [3.63, 3.8) is 0 Å². The van der Waals surface area contributed by atoms with Gasteiger partial charge >= 0.3 is 5.97 Å². The van der Waals surface area contributed by atoms with Crippen LogP contribution in [0.15, 0.2) is 24.3 Å². The molecule has 1 atom stereocenters. The number of hydrogen-bond donors (Lipinski definition) is 0. The first kappa shape index (κ1) is 40.3. The standard InChI is InChI=1S/C20H34O3.C17H30O.CH4/c1-2-23-20(22)18-16-14-12-10-8-6-4-3-5-7-9-11-13-15-17-19(18)21;18-17-15-13-11-9-7-5-3-1-2-4-6-8-10-12-14-16-17;/h3-4,18H,2,5-17H2,1H3;1-2H,3-16H2;1H4/b4-3-;2-1-;. The first-order chi connectivity index (χ1) is 20.1. The molecule has 244 valence electrons. The number of carbonyl (C=O) groups is 3. The van der Waals surface area contributed by atoms with E-state index in [-0.39, 0.29) is 19.2 Å². The quantitative estimate of drug-likeness (QED) is 0.183. The van der Waals surface area contributed by atoms with Crippen LogP contribution in [-0.4, -0.2) is 24.1 Å². The molecule has 0 heterocycles. The molecular weight excluding hydrogens is 520 g/mol. The van der Waals surface area contributed by atoms with Crippen molar-refractivity contribution in [1.29, 1.82) is 0 Å². The maximum atomic E-state index is 12.4. The summed E-state index contributed by atoms with van der Waals surface area (Å²) in [6.07, 6.45) is 39.8. The maximum Gasteiger partial charge on any atom is 0.316 e. The molecule has 0 amide bonds. The van der Waals surface area contributed by atoms with Crippen molar-refractivity contribution in [1.82, 2.24) is 0 Å². The van der Waals surface area contributed by atoms with Gasteiger partial charge in [0.15, 0.2) is 0 Å². The molecule has 0 aliphatic heterocycles. The average molecular weight is 589 g/mol. The minimum Gasteiger partial charge on any atom is -0.465 e. The second-order valence-corrected chi connectivity index (χ2v) is 12.2. The Morgan fingerprint density at radius 3 is 1.36 bits per heavy atom. The van der Waals surface area contributed by atoms with Gasteiger partial charge in [-0.25, -0.2) is 0 Å². The third-order valence-corrected chi connectivity index (χ3v) is 8.35. The number of allylic oxidation sites excluding steroid dienone is 4. The van der Waals surface area contributed by atoms with Crippen molar-refractivity contribution in [2.75, 3.05) is 6.61 Å². The highest BCUT2D eigenvalue weighted by Gasteiger charge is 2.26. The summed E-state index contributed by atoms with van der Waals surface area (Å²) in [5.41, 5.74) is 0. The SMILES string of the molecule is C.CCOC(=O)C1CCCCCC/C=C\CCCCCCCC1=O.O=C1CCCCCCC/C=C\CCCCCCC1. The van der Waals surface area contributed by atoms with Crippen LogP contribution in [0.5, 0.6) is 0 Å². The zero-order valence-corrected chi connectivity index (χ0v) is 26.8. The Labute approximate surface area is 260 Å². The highest BCUT2D eigenvalue weighted by molar-refractivity contribution is 5.98. The molecule has 1 unspecified atom stereocenters. The van der Waals surface area contributed by atoms with E-state index in [0.29, 0.717) is 25.2 Å². The first-order valence-electron chi connectivity index (χ1n) is 17.7. The summed E-state index contributed by atoms with van der Waals surface area (Å²) in [6.45, 7) is 2.16. The van der Waals surface area contributed by atoms with Crippen molar-refractivity contribution in [3.8, 4) is 0 Å². The van der Waals surface area contributed by atoms with E-state index >= 15 is 0 Å². The Balaban J connectivity index is 0.000000804. The Hall–Kier alpha value is -1.71. The van der Waals surface area contributed by atoms with E-state index in [1.165, 1.54) is 103 Å². The molecule has 0 N–H and O–H groups in total. The molecule has 2 aliphatic rings. The van der Waals surface area contributed by atoms with Gasteiger partial charge in [-0.15, -0.1) is 0 Å². The van der Waals surface area contributed by atoms with Crippen LogP contribution in [0, 0.1) is 5.92 Å². The summed E-state index contributed by atoms with van der Waals surface area (Å²) in [7, 11) is 0. The molecule has 2 rings (SSSR count). The maximum absolute atomic E-state index is 12.4. The van der Waals surface area contributed by atoms with Gasteiger partial charge in [0.2, 0.25) is 0 Å². The average Bonchev–Trinajstić information content (AvgIpc) is 2.97. The lowest BCUT2D eigenvalue weighted by Crippen LogP contribution is -2.26. The van der Waals surface area contributed by atoms with Crippen molar-refractivity contribution in [3.05, 3.63) is 24.3 Å². The van der Waals surface area contributed by atoms with E-state index in [1.807, 2.05) is 0 Å². The van der Waals surface area contributed by atoms with Crippen LogP contribution in [0.25, 0.3) is 0 Å². The number of hydrogen-bond acceptors (Lipinski definition) is 4. The van der Waals surface area contributed by atoms with Crippen molar-refractivity contribution in [2.24, 2.45) is 5.92 Å². The van der Waals surface area contributed by atoms with Gasteiger partial charge in [0.05, 0.1) is 6.61 Å². The van der Waals surface area contributed by atoms with E-state index in [4.69, 9.17) is 4.74 Å². The molecule has 4 nitrogen and oxygen atoms in total. The third kappa shape index (κ3) is 24.8. The monoisotopic (exact) mass is 589 g/mol. The van der Waals surface area contributed by atoms with Crippen LogP contribution < -0.4 is 0 Å². The van der Waals surface area contributed by atoms with Gasteiger partial charge in [0.25, 0.3) is 0 Å². The lowest BCUT2D eigenvalue weighted by atomic mass is 9.93. The summed E-state index contributed by atoms with van der Waals surface area (Å²) < 4.78 is 5.10. The molecule has 0 fully saturated rings. The fourth-order valence-electron chi connectivity index (χ4n) is 5.71. The molecule has 0 spiro atoms. The van der Waals surface area contributed by atoms with Crippen LogP contribution in [0.2, 0.25) is 0 Å². The summed E-state index contributed by atoms with van der Waals surface area (Å²) in [6, 6.07) is 0. The summed E-state index contributed by atoms with van der Waals surface area (Å²) in [5, 5.41) is 0. The van der Waals surface area contributed by atoms with E-state index in [9.17, 15) is 14.4 Å². The number of Topliss-reactive ketones (excluding diaryl/α,β-unsaturated/α-hetero) is 2. The van der Waals surface area contributed by atoms with Crippen LogP contribution in [0.1, 0.15) is 188 Å². The molecule has 0 saturated heterocycles. The van der Waals surface area contributed by atoms with Crippen LogP contribution in [0.3, 0.4) is 0 Å². The third-order valence-electron chi connectivity index (χ3n) is 8.35. The van der Waals surface area contributed by atoms with Crippen molar-refractivity contribution in [2.45, 2.75) is 188 Å². The summed E-state index contributed by atoms with van der Waals surface area (Å²) in [5.74, 6) is -0.237. The highest BCUT2D eigenvalue weighted by atomic mass is 16.5. The molecule has 0 bridgehead atoms. The number of ketones is 2. The Morgan fingerprint density at radius 2 is 0.929 bits per heavy atom. The molecule has 2 aliphatic carbocycles. The molecular formula is C38H68O4. The van der Waals surface area contributed by atoms with Gasteiger partial charge in [-0.2, -0.15) is 0 Å². The summed E-state index contributed by atoms with van der Waals surface area (Å²) in [4.78, 5) is 36.0. The number of esters is 1. The molecule has 0 aromatic carbocycles. The zero-order chi connectivity index (χ0) is 29.6. The molecule has 0 radical (unpaired) electrons. The zero-order valence-electron chi connectivity index (χ0n) is 26.8. The van der Waals surface area contributed by atoms with Gasteiger partial charge in [0.1, 0.15) is 17.5 Å². The highest BCUT2D eigenvalue weighted by Crippen LogP contribution is 2.19. The predicted octanol–water partition coefficient (Wildman–Crippen LogP) is 11.6. The Morgan fingerprint density at radius 1 is 0.571 bits per heavy atom. The topological polar surface area (TPSA) is 60.4 Å². The second-order valence-electron chi connectivity index (χ2n) is 12.2. The van der Waals surface area contributed by atoms with Gasteiger partial charge in [-0.3, -0.25) is 14.4 Å². The molecule has 0 aromatic rings. The number of rotatable bonds is 2. The molecule has 42 heavy (non-hydrogen) atoms. The summed E-state index contributed by atoms with van der Waals surface area (Å²) >= 11 is 0. The first-order valence-corrected chi connectivity index (χ1v) is 17.7. The van der Waals surface area contributed by atoms with E-state index in [1.54, 1.807) is 6.92 Å². The smallest absolute Gasteiger partial charge is 0.316 e. The number of ether oxygens (including phenoxy) is 1. The normalized spacial score (nSPS) is 23.9. The minimum absolute atomic E-state index is 0. The van der Waals surface area contributed by atoms with Gasteiger partial charge in [0, 0.05) is 19.3 Å². The van der Waals surface area contributed by atoms with E-state index < -0.39 is 5.92 Å². The van der Waals surface area contributed by atoms with Gasteiger partial charge < -0.3 is 4.74 Å². The lowest BCUT2D eigenvalue weighted by molar-refractivity contribution is -0.152. The van der Waals surface area contributed by atoms with Crippen LogP contribution in [-0.2, 0) is 19.1 Å². The largest absolute Gasteiger partial charge is 0.465 e. The molecule has 4 heteroatoms.